The molecule has 0 atom stereocenters. The third kappa shape index (κ3) is 2.59. The topological polar surface area (TPSA) is 26.0 Å². The summed E-state index contributed by atoms with van der Waals surface area (Å²) in [5.74, 6) is 0.887. The van der Waals surface area contributed by atoms with Gasteiger partial charge in [0.25, 0.3) is 6.43 Å². The van der Waals surface area contributed by atoms with Gasteiger partial charge in [0.1, 0.15) is 0 Å². The van der Waals surface area contributed by atoms with Gasteiger partial charge in [0.05, 0.1) is 0 Å². The van der Waals surface area contributed by atoms with Crippen LogP contribution in [0.4, 0.5) is 14.5 Å². The monoisotopic (exact) mass is 203 g/mol. The van der Waals surface area contributed by atoms with Gasteiger partial charge in [-0.1, -0.05) is 13.0 Å². The van der Waals surface area contributed by atoms with E-state index in [2.05, 4.69) is 0 Å². The smallest absolute Gasteiger partial charge is 0.263 e. The summed E-state index contributed by atoms with van der Waals surface area (Å²) in [6.07, 6.45) is -2.44. The van der Waals surface area contributed by atoms with Gasteiger partial charge in [0.2, 0.25) is 0 Å². The Morgan fingerprint density at radius 2 is 2.15 bits per heavy atom. The van der Waals surface area contributed by atoms with Gasteiger partial charge in [0.15, 0.2) is 0 Å². The second kappa shape index (κ2) is 4.46. The molecule has 0 aliphatic rings. The molecule has 0 aliphatic heterocycles. The number of benzene rings is 1. The lowest BCUT2D eigenvalue weighted by atomic mass is 10.2. The first-order valence-electron chi connectivity index (χ1n) is 3.95. The predicted molar refractivity (Wildman–Crippen MR) is 52.2 cm³/mol. The minimum atomic E-state index is -2.44. The van der Waals surface area contributed by atoms with E-state index in [1.165, 1.54) is 12.1 Å². The number of halogens is 2. The second-order valence-corrected chi connectivity index (χ2v) is 3.84. The molecule has 0 heterocycles. The van der Waals surface area contributed by atoms with Crippen molar-refractivity contribution in [3.8, 4) is 0 Å². The lowest BCUT2D eigenvalue weighted by Gasteiger charge is -2.05. The molecule has 0 fully saturated rings. The Labute approximate surface area is 80.3 Å². The number of nitrogens with two attached hydrogens (primary N) is 1. The quantitative estimate of drug-likeness (QED) is 0.602. The molecule has 0 spiro atoms. The summed E-state index contributed by atoms with van der Waals surface area (Å²) >= 11 is 1.55. The van der Waals surface area contributed by atoms with Crippen molar-refractivity contribution in [2.45, 2.75) is 18.2 Å². The molecule has 0 amide bonds. The molecular formula is C9H11F2NS. The highest BCUT2D eigenvalue weighted by Crippen LogP contribution is 2.29. The van der Waals surface area contributed by atoms with Crippen LogP contribution in [0.2, 0.25) is 0 Å². The molecule has 1 aromatic carbocycles. The molecule has 72 valence electrons. The van der Waals surface area contributed by atoms with Gasteiger partial charge in [-0.25, -0.2) is 8.78 Å². The Hall–Kier alpha value is -0.770. The van der Waals surface area contributed by atoms with Crippen LogP contribution in [0.1, 0.15) is 18.9 Å². The van der Waals surface area contributed by atoms with Gasteiger partial charge in [-0.05, 0) is 17.9 Å². The Bertz CT molecular complexity index is 289. The first kappa shape index (κ1) is 10.3. The van der Waals surface area contributed by atoms with Crippen molar-refractivity contribution >= 4 is 17.4 Å². The number of hydrogen-bond donors (Lipinski definition) is 1. The van der Waals surface area contributed by atoms with Gasteiger partial charge in [0, 0.05) is 16.1 Å². The molecule has 1 nitrogen and oxygen atoms in total. The highest BCUT2D eigenvalue weighted by atomic mass is 32.2. The highest BCUT2D eigenvalue weighted by Gasteiger charge is 2.08. The number of alkyl halides is 2. The summed E-state index contributed by atoms with van der Waals surface area (Å²) in [6.45, 7) is 1.99. The van der Waals surface area contributed by atoms with Crippen LogP contribution in [0, 0.1) is 0 Å². The zero-order chi connectivity index (χ0) is 9.84. The molecule has 2 N–H and O–H groups in total. The van der Waals surface area contributed by atoms with Crippen molar-refractivity contribution in [2.75, 3.05) is 11.5 Å². The maximum Gasteiger partial charge on any atom is 0.263 e. The first-order chi connectivity index (χ1) is 6.15. The maximum absolute atomic E-state index is 12.2. The zero-order valence-corrected chi connectivity index (χ0v) is 8.07. The Morgan fingerprint density at radius 3 is 2.62 bits per heavy atom. The Balaban J connectivity index is 2.92. The number of hydrogen-bond acceptors (Lipinski definition) is 2. The van der Waals surface area contributed by atoms with E-state index in [1.807, 2.05) is 6.92 Å². The average molecular weight is 203 g/mol. The third-order valence-electron chi connectivity index (χ3n) is 1.59. The Morgan fingerprint density at radius 1 is 1.46 bits per heavy atom. The summed E-state index contributed by atoms with van der Waals surface area (Å²) in [7, 11) is 0. The van der Waals surface area contributed by atoms with Gasteiger partial charge < -0.3 is 5.73 Å². The second-order valence-electron chi connectivity index (χ2n) is 2.53. The van der Waals surface area contributed by atoms with E-state index in [4.69, 9.17) is 5.73 Å². The van der Waals surface area contributed by atoms with Crippen molar-refractivity contribution in [1.29, 1.82) is 0 Å². The molecule has 0 saturated carbocycles. The van der Waals surface area contributed by atoms with Crippen molar-refractivity contribution < 1.29 is 8.78 Å². The first-order valence-corrected chi connectivity index (χ1v) is 4.94. The summed E-state index contributed by atoms with van der Waals surface area (Å²) in [4.78, 5) is 0.868. The van der Waals surface area contributed by atoms with E-state index >= 15 is 0 Å². The van der Waals surface area contributed by atoms with Gasteiger partial charge >= 0.3 is 0 Å². The molecule has 0 radical (unpaired) electrons. The number of thioether (sulfide) groups is 1. The minimum Gasteiger partial charge on any atom is -0.398 e. The van der Waals surface area contributed by atoms with E-state index in [9.17, 15) is 8.78 Å². The van der Waals surface area contributed by atoms with Gasteiger partial charge in [-0.15, -0.1) is 11.8 Å². The number of anilines is 1. The van der Waals surface area contributed by atoms with Crippen molar-refractivity contribution in [1.82, 2.24) is 0 Å². The largest absolute Gasteiger partial charge is 0.398 e. The fraction of sp³-hybridized carbons (Fsp3) is 0.333. The van der Waals surface area contributed by atoms with Gasteiger partial charge in [-0.2, -0.15) is 0 Å². The van der Waals surface area contributed by atoms with Crippen LogP contribution in [0.5, 0.6) is 0 Å². The SMILES string of the molecule is CCSc1ccc(C(F)F)cc1N. The molecule has 0 saturated heterocycles. The molecule has 1 aromatic rings. The lowest BCUT2D eigenvalue weighted by molar-refractivity contribution is 0.151. The van der Waals surface area contributed by atoms with E-state index in [-0.39, 0.29) is 5.56 Å². The van der Waals surface area contributed by atoms with Crippen LogP contribution < -0.4 is 5.73 Å². The van der Waals surface area contributed by atoms with E-state index < -0.39 is 6.43 Å². The van der Waals surface area contributed by atoms with Crippen molar-refractivity contribution in [3.63, 3.8) is 0 Å². The molecular weight excluding hydrogens is 192 g/mol. The standard InChI is InChI=1S/C9H11F2NS/c1-2-13-8-4-3-6(9(10)11)5-7(8)12/h3-5,9H,2,12H2,1H3. The highest BCUT2D eigenvalue weighted by molar-refractivity contribution is 7.99. The molecule has 0 aromatic heterocycles. The van der Waals surface area contributed by atoms with Crippen LogP contribution in [0.25, 0.3) is 0 Å². The average Bonchev–Trinajstić information content (AvgIpc) is 2.08. The summed E-state index contributed by atoms with van der Waals surface area (Å²) in [5, 5.41) is 0. The fourth-order valence-corrected chi connectivity index (χ4v) is 1.69. The molecule has 0 unspecified atom stereocenters. The van der Waals surface area contributed by atoms with Crippen LogP contribution in [0.15, 0.2) is 23.1 Å². The predicted octanol–water partition coefficient (Wildman–Crippen LogP) is 3.32. The normalized spacial score (nSPS) is 10.8. The van der Waals surface area contributed by atoms with Crippen LogP contribution in [0.3, 0.4) is 0 Å². The van der Waals surface area contributed by atoms with Crippen LogP contribution in [-0.2, 0) is 0 Å². The molecule has 0 aliphatic carbocycles. The maximum atomic E-state index is 12.2. The van der Waals surface area contributed by atoms with E-state index in [0.717, 1.165) is 10.6 Å². The van der Waals surface area contributed by atoms with E-state index in [0.29, 0.717) is 5.69 Å². The molecule has 0 bridgehead atoms. The number of nitrogen functional groups attached to an aromatic ring is 1. The van der Waals surface area contributed by atoms with Crippen molar-refractivity contribution in [3.05, 3.63) is 23.8 Å². The summed E-state index contributed by atoms with van der Waals surface area (Å²) in [5.41, 5.74) is 6.01. The molecule has 1 rings (SSSR count). The fourth-order valence-electron chi connectivity index (χ4n) is 0.990. The van der Waals surface area contributed by atoms with E-state index in [1.54, 1.807) is 17.8 Å². The summed E-state index contributed by atoms with van der Waals surface area (Å²) in [6, 6.07) is 4.40. The third-order valence-corrected chi connectivity index (χ3v) is 2.56. The zero-order valence-electron chi connectivity index (χ0n) is 7.26. The molecule has 4 heteroatoms. The van der Waals surface area contributed by atoms with Crippen LogP contribution in [-0.4, -0.2) is 5.75 Å². The summed E-state index contributed by atoms with van der Waals surface area (Å²) < 4.78 is 24.4. The van der Waals surface area contributed by atoms with Crippen molar-refractivity contribution in [2.24, 2.45) is 0 Å². The van der Waals surface area contributed by atoms with Crippen LogP contribution >= 0.6 is 11.8 Å². The van der Waals surface area contributed by atoms with Gasteiger partial charge in [-0.3, -0.25) is 0 Å². The number of rotatable bonds is 3. The molecule has 13 heavy (non-hydrogen) atoms. The minimum absolute atomic E-state index is 0.0158. The lowest BCUT2D eigenvalue weighted by Crippen LogP contribution is -1.92. The Kier molecular flexibility index (Phi) is 3.54.